The van der Waals surface area contributed by atoms with Crippen molar-refractivity contribution in [3.63, 3.8) is 0 Å². The first-order valence-corrected chi connectivity index (χ1v) is 7.85. The Bertz CT molecular complexity index is 734. The molecule has 3 rings (SSSR count). The molecule has 1 unspecified atom stereocenters. The Labute approximate surface area is 134 Å². The molecule has 2 aromatic rings. The summed E-state index contributed by atoms with van der Waals surface area (Å²) in [5, 5.41) is 3.82. The fraction of sp³-hybridized carbons (Fsp3) is 0.412. The van der Waals surface area contributed by atoms with Crippen molar-refractivity contribution in [3.05, 3.63) is 36.0 Å². The molecule has 1 saturated carbocycles. The minimum absolute atomic E-state index is 0.303. The van der Waals surface area contributed by atoms with Gasteiger partial charge in [0, 0.05) is 17.1 Å². The van der Waals surface area contributed by atoms with E-state index in [1.165, 1.54) is 0 Å². The van der Waals surface area contributed by atoms with Gasteiger partial charge < -0.3 is 20.8 Å². The number of H-pyrrole nitrogens is 1. The smallest absolute Gasteiger partial charge is 0.331 e. The number of nitrogens with two attached hydrogens (primary N) is 1. The Morgan fingerprint density at radius 2 is 2.13 bits per heavy atom. The summed E-state index contributed by atoms with van der Waals surface area (Å²) in [5.74, 6) is -0.687. The quantitative estimate of drug-likeness (QED) is 0.699. The maximum Gasteiger partial charge on any atom is 0.331 e. The van der Waals surface area contributed by atoms with E-state index in [2.05, 4.69) is 10.3 Å². The summed E-state index contributed by atoms with van der Waals surface area (Å²) in [6.07, 6.45) is 3.50. The van der Waals surface area contributed by atoms with E-state index in [1.54, 1.807) is 6.92 Å². The average Bonchev–Trinajstić information content (AvgIpc) is 3.22. The first-order valence-electron chi connectivity index (χ1n) is 7.85. The van der Waals surface area contributed by atoms with E-state index in [1.807, 2.05) is 30.5 Å². The molecule has 1 amide bonds. The molecule has 1 heterocycles. The number of esters is 1. The highest BCUT2D eigenvalue weighted by Crippen LogP contribution is 2.36. The lowest BCUT2D eigenvalue weighted by Crippen LogP contribution is -2.51. The summed E-state index contributed by atoms with van der Waals surface area (Å²) in [4.78, 5) is 27.4. The Morgan fingerprint density at radius 1 is 1.39 bits per heavy atom. The molecular weight excluding hydrogens is 294 g/mol. The van der Waals surface area contributed by atoms with E-state index in [4.69, 9.17) is 10.5 Å². The highest BCUT2D eigenvalue weighted by atomic mass is 16.5. The van der Waals surface area contributed by atoms with Crippen LogP contribution < -0.4 is 11.1 Å². The first-order chi connectivity index (χ1) is 11.1. The number of hydrogen-bond acceptors (Lipinski definition) is 4. The average molecular weight is 315 g/mol. The molecule has 1 atom stereocenters. The van der Waals surface area contributed by atoms with Gasteiger partial charge in [-0.2, -0.15) is 0 Å². The van der Waals surface area contributed by atoms with Gasteiger partial charge in [-0.3, -0.25) is 4.79 Å². The lowest BCUT2D eigenvalue weighted by Gasteiger charge is -2.18. The number of aromatic nitrogens is 1. The van der Waals surface area contributed by atoms with Crippen molar-refractivity contribution in [1.82, 2.24) is 10.3 Å². The maximum atomic E-state index is 12.3. The van der Waals surface area contributed by atoms with Crippen LogP contribution in [0.2, 0.25) is 0 Å². The minimum atomic E-state index is -0.856. The number of ether oxygens (including phenoxy) is 1. The number of para-hydroxylation sites is 1. The van der Waals surface area contributed by atoms with Gasteiger partial charge in [0.25, 0.3) is 0 Å². The van der Waals surface area contributed by atoms with Crippen LogP contribution in [0.25, 0.3) is 10.9 Å². The Morgan fingerprint density at radius 3 is 2.83 bits per heavy atom. The molecule has 0 spiro atoms. The third-order valence-electron chi connectivity index (χ3n) is 4.23. The zero-order chi connectivity index (χ0) is 16.4. The molecule has 0 aliphatic heterocycles. The van der Waals surface area contributed by atoms with Crippen LogP contribution in [0.3, 0.4) is 0 Å². The summed E-state index contributed by atoms with van der Waals surface area (Å²) < 4.78 is 5.01. The van der Waals surface area contributed by atoms with Crippen LogP contribution in [0, 0.1) is 0 Å². The van der Waals surface area contributed by atoms with Crippen molar-refractivity contribution >= 4 is 22.8 Å². The third-order valence-corrected chi connectivity index (χ3v) is 4.23. The second-order valence-corrected chi connectivity index (χ2v) is 5.96. The number of aromatic amines is 1. The maximum absolute atomic E-state index is 12.3. The van der Waals surface area contributed by atoms with Gasteiger partial charge in [0.2, 0.25) is 5.91 Å². The largest absolute Gasteiger partial charge is 0.464 e. The molecule has 6 heteroatoms. The van der Waals surface area contributed by atoms with Crippen molar-refractivity contribution in [2.24, 2.45) is 5.73 Å². The number of carbonyl (C=O) groups excluding carboxylic acids is 2. The highest BCUT2D eigenvalue weighted by Gasteiger charge is 2.53. The van der Waals surface area contributed by atoms with Crippen molar-refractivity contribution < 1.29 is 14.3 Å². The van der Waals surface area contributed by atoms with E-state index >= 15 is 0 Å². The van der Waals surface area contributed by atoms with Gasteiger partial charge in [0.1, 0.15) is 5.54 Å². The van der Waals surface area contributed by atoms with Crippen LogP contribution in [-0.2, 0) is 20.7 Å². The van der Waals surface area contributed by atoms with Gasteiger partial charge in [-0.1, -0.05) is 18.2 Å². The van der Waals surface area contributed by atoms with E-state index in [0.717, 1.165) is 16.5 Å². The molecule has 4 N–H and O–H groups in total. The minimum Gasteiger partial charge on any atom is -0.464 e. The number of rotatable bonds is 6. The van der Waals surface area contributed by atoms with E-state index in [-0.39, 0.29) is 11.9 Å². The van der Waals surface area contributed by atoms with Crippen LogP contribution in [0.15, 0.2) is 30.5 Å². The lowest BCUT2D eigenvalue weighted by molar-refractivity contribution is -0.148. The summed E-state index contributed by atoms with van der Waals surface area (Å²) in [6.45, 7) is 2.05. The van der Waals surface area contributed by atoms with Gasteiger partial charge in [0.05, 0.1) is 12.6 Å². The van der Waals surface area contributed by atoms with Crippen molar-refractivity contribution in [2.45, 2.75) is 37.8 Å². The fourth-order valence-electron chi connectivity index (χ4n) is 2.73. The van der Waals surface area contributed by atoms with E-state index < -0.39 is 11.6 Å². The van der Waals surface area contributed by atoms with Crippen LogP contribution in [0.4, 0.5) is 0 Å². The molecule has 1 fully saturated rings. The number of carbonyl (C=O) groups is 2. The molecule has 0 radical (unpaired) electrons. The first kappa shape index (κ1) is 15.6. The second kappa shape index (κ2) is 6.04. The van der Waals surface area contributed by atoms with Crippen LogP contribution >= 0.6 is 0 Å². The van der Waals surface area contributed by atoms with Crippen molar-refractivity contribution in [1.29, 1.82) is 0 Å². The Kier molecular flexibility index (Phi) is 4.09. The molecule has 0 saturated heterocycles. The summed E-state index contributed by atoms with van der Waals surface area (Å²) in [5.41, 5.74) is 7.18. The van der Waals surface area contributed by atoms with Gasteiger partial charge in [-0.15, -0.1) is 0 Å². The fourth-order valence-corrected chi connectivity index (χ4v) is 2.73. The molecule has 1 aliphatic rings. The molecule has 6 nitrogen and oxygen atoms in total. The molecule has 1 aromatic heterocycles. The predicted molar refractivity (Wildman–Crippen MR) is 86.7 cm³/mol. The number of nitrogens with one attached hydrogen (secondary N) is 2. The van der Waals surface area contributed by atoms with Crippen LogP contribution in [0.5, 0.6) is 0 Å². The number of fused-ring (bicyclic) bond motifs is 1. The monoisotopic (exact) mass is 315 g/mol. The Balaban J connectivity index is 1.65. The predicted octanol–water partition coefficient (Wildman–Crippen LogP) is 1.25. The number of amides is 1. The zero-order valence-electron chi connectivity index (χ0n) is 13.1. The van der Waals surface area contributed by atoms with Gasteiger partial charge in [-0.05, 0) is 37.8 Å². The van der Waals surface area contributed by atoms with Gasteiger partial charge in [0.15, 0.2) is 0 Å². The summed E-state index contributed by atoms with van der Waals surface area (Å²) in [7, 11) is 0. The normalized spacial score (nSPS) is 16.8. The van der Waals surface area contributed by atoms with Gasteiger partial charge >= 0.3 is 5.97 Å². The molecule has 1 aliphatic carbocycles. The third kappa shape index (κ3) is 3.07. The summed E-state index contributed by atoms with van der Waals surface area (Å²) >= 11 is 0. The van der Waals surface area contributed by atoms with Crippen LogP contribution in [-0.4, -0.2) is 35.0 Å². The van der Waals surface area contributed by atoms with Crippen molar-refractivity contribution in [2.75, 3.05) is 6.61 Å². The summed E-state index contributed by atoms with van der Waals surface area (Å²) in [6, 6.07) is 7.16. The van der Waals surface area contributed by atoms with Crippen LogP contribution in [0.1, 0.15) is 25.3 Å². The molecular formula is C17H21N3O3. The lowest BCUT2D eigenvalue weighted by atomic mass is 10.0. The molecule has 1 aromatic carbocycles. The number of hydrogen-bond donors (Lipinski definition) is 3. The van der Waals surface area contributed by atoms with E-state index in [9.17, 15) is 9.59 Å². The molecule has 122 valence electrons. The molecule has 0 bridgehead atoms. The standard InChI is InChI=1S/C17H21N3O3/c1-2-23-16(22)17(7-8-17)20-15(21)13(18)9-11-10-19-14-6-4-3-5-12(11)14/h3-6,10,13,19H,2,7-9,18H2,1H3,(H,20,21). The SMILES string of the molecule is CCOC(=O)C1(NC(=O)C(N)Cc2c[nH]c3ccccc23)CC1. The second-order valence-electron chi connectivity index (χ2n) is 5.96. The number of benzene rings is 1. The van der Waals surface area contributed by atoms with E-state index in [0.29, 0.717) is 25.9 Å². The van der Waals surface area contributed by atoms with Crippen molar-refractivity contribution in [3.8, 4) is 0 Å². The highest BCUT2D eigenvalue weighted by molar-refractivity contribution is 5.93. The molecule has 23 heavy (non-hydrogen) atoms. The zero-order valence-corrected chi connectivity index (χ0v) is 13.1. The van der Waals surface area contributed by atoms with Gasteiger partial charge in [-0.25, -0.2) is 4.79 Å². The Hall–Kier alpha value is -2.34. The topological polar surface area (TPSA) is 97.2 Å².